The maximum Gasteiger partial charge on any atom is 0.241 e. The molecule has 5 heteroatoms. The number of carbonyl (C=O) groups is 1. The van der Waals surface area contributed by atoms with E-state index in [9.17, 15) is 4.79 Å². The molecular weight excluding hydrogens is 340 g/mol. The van der Waals surface area contributed by atoms with Crippen molar-refractivity contribution < 1.29 is 14.3 Å². The Labute approximate surface area is 162 Å². The maximum atomic E-state index is 12.8. The van der Waals surface area contributed by atoms with Crippen LogP contribution in [-0.4, -0.2) is 38.1 Å². The first-order chi connectivity index (χ1) is 12.8. The Kier molecular flexibility index (Phi) is 6.86. The van der Waals surface area contributed by atoms with Gasteiger partial charge < -0.3 is 14.8 Å². The van der Waals surface area contributed by atoms with Crippen molar-refractivity contribution in [2.45, 2.75) is 40.3 Å². The highest BCUT2D eigenvalue weighted by Crippen LogP contribution is 2.31. The molecule has 0 heterocycles. The smallest absolute Gasteiger partial charge is 0.241 e. The molecule has 0 unspecified atom stereocenters. The fourth-order valence-electron chi connectivity index (χ4n) is 3.04. The number of benzene rings is 2. The monoisotopic (exact) mass is 370 g/mol. The van der Waals surface area contributed by atoms with Crippen molar-refractivity contribution in [2.75, 3.05) is 26.6 Å². The third-order valence-corrected chi connectivity index (χ3v) is 5.03. The molecule has 27 heavy (non-hydrogen) atoms. The Bertz CT molecular complexity index is 797. The lowest BCUT2D eigenvalue weighted by molar-refractivity contribution is -0.120. The molecule has 2 aromatic carbocycles. The van der Waals surface area contributed by atoms with E-state index in [-0.39, 0.29) is 11.9 Å². The lowest BCUT2D eigenvalue weighted by atomic mass is 10.1. The molecule has 0 aliphatic rings. The fourth-order valence-corrected chi connectivity index (χ4v) is 3.04. The molecule has 0 spiro atoms. The average Bonchev–Trinajstić information content (AvgIpc) is 2.65. The van der Waals surface area contributed by atoms with Crippen LogP contribution in [0.1, 0.15) is 29.2 Å². The number of hydrogen-bond donors (Lipinski definition) is 1. The van der Waals surface area contributed by atoms with Crippen LogP contribution in [-0.2, 0) is 11.3 Å². The summed E-state index contributed by atoms with van der Waals surface area (Å²) in [6.07, 6.45) is 0. The quantitative estimate of drug-likeness (QED) is 0.798. The van der Waals surface area contributed by atoms with Gasteiger partial charge in [-0.1, -0.05) is 18.2 Å². The normalized spacial score (nSPS) is 12.0. The van der Waals surface area contributed by atoms with Crippen LogP contribution in [0.25, 0.3) is 0 Å². The number of carbonyl (C=O) groups excluding carboxylic acids is 1. The standard InChI is InChI=1S/C22H30N2O3/c1-14-9-8-10-15(2)21(14)23-22(25)17(4)24(5)13-18-12-20(27-7)19(26-6)11-16(18)3/h8-12,17H,13H2,1-7H3,(H,23,25)/t17-/m1/s1. The molecule has 0 saturated heterocycles. The van der Waals surface area contributed by atoms with Crippen LogP contribution in [0.15, 0.2) is 30.3 Å². The molecule has 0 saturated carbocycles. The number of nitrogens with zero attached hydrogens (tertiary/aromatic N) is 1. The third kappa shape index (κ3) is 4.80. The van der Waals surface area contributed by atoms with E-state index in [4.69, 9.17) is 9.47 Å². The largest absolute Gasteiger partial charge is 0.493 e. The second kappa shape index (κ2) is 8.91. The van der Waals surface area contributed by atoms with Gasteiger partial charge in [0.1, 0.15) is 0 Å². The predicted molar refractivity (Wildman–Crippen MR) is 110 cm³/mol. The first kappa shape index (κ1) is 20.8. The average molecular weight is 370 g/mol. The molecule has 0 radical (unpaired) electrons. The van der Waals surface area contributed by atoms with Gasteiger partial charge in [0.15, 0.2) is 11.5 Å². The summed E-state index contributed by atoms with van der Waals surface area (Å²) in [5, 5.41) is 3.08. The Morgan fingerprint density at radius 3 is 2.15 bits per heavy atom. The SMILES string of the molecule is COc1cc(C)c(CN(C)[C@H](C)C(=O)Nc2c(C)cccc2C)cc1OC. The number of hydrogen-bond acceptors (Lipinski definition) is 4. The summed E-state index contributed by atoms with van der Waals surface area (Å²) in [5.74, 6) is 1.38. The van der Waals surface area contributed by atoms with Gasteiger partial charge in [-0.3, -0.25) is 9.69 Å². The summed E-state index contributed by atoms with van der Waals surface area (Å²) in [4.78, 5) is 14.8. The zero-order valence-corrected chi connectivity index (χ0v) is 17.3. The predicted octanol–water partition coefficient (Wildman–Crippen LogP) is 4.09. The van der Waals surface area contributed by atoms with E-state index in [1.807, 2.05) is 70.0 Å². The topological polar surface area (TPSA) is 50.8 Å². The second-order valence-corrected chi connectivity index (χ2v) is 6.98. The van der Waals surface area contributed by atoms with Crippen molar-refractivity contribution in [1.82, 2.24) is 4.90 Å². The second-order valence-electron chi connectivity index (χ2n) is 6.98. The number of anilines is 1. The summed E-state index contributed by atoms with van der Waals surface area (Å²) in [6.45, 7) is 8.59. The summed E-state index contributed by atoms with van der Waals surface area (Å²) < 4.78 is 10.8. The number of para-hydroxylation sites is 1. The summed E-state index contributed by atoms with van der Waals surface area (Å²) in [7, 11) is 5.20. The van der Waals surface area contributed by atoms with Crippen LogP contribution in [0.3, 0.4) is 0 Å². The van der Waals surface area contributed by atoms with Gasteiger partial charge in [-0.05, 0) is 69.1 Å². The van der Waals surface area contributed by atoms with Gasteiger partial charge in [-0.2, -0.15) is 0 Å². The molecular formula is C22H30N2O3. The van der Waals surface area contributed by atoms with E-state index >= 15 is 0 Å². The third-order valence-electron chi connectivity index (χ3n) is 5.03. The van der Waals surface area contributed by atoms with Crippen LogP contribution < -0.4 is 14.8 Å². The Hall–Kier alpha value is -2.53. The van der Waals surface area contributed by atoms with E-state index in [0.29, 0.717) is 18.0 Å². The first-order valence-electron chi connectivity index (χ1n) is 9.07. The zero-order chi connectivity index (χ0) is 20.1. The van der Waals surface area contributed by atoms with Crippen molar-refractivity contribution in [1.29, 1.82) is 0 Å². The van der Waals surface area contributed by atoms with Gasteiger partial charge in [-0.25, -0.2) is 0 Å². The van der Waals surface area contributed by atoms with Gasteiger partial charge in [-0.15, -0.1) is 0 Å². The lowest BCUT2D eigenvalue weighted by Crippen LogP contribution is -2.39. The number of rotatable bonds is 7. The number of ether oxygens (including phenoxy) is 2. The molecule has 5 nitrogen and oxygen atoms in total. The van der Waals surface area contributed by atoms with Gasteiger partial charge in [0, 0.05) is 12.2 Å². The molecule has 2 aromatic rings. The minimum atomic E-state index is -0.281. The van der Waals surface area contributed by atoms with E-state index < -0.39 is 0 Å². The van der Waals surface area contributed by atoms with Crippen LogP contribution in [0.5, 0.6) is 11.5 Å². The fraction of sp³-hybridized carbons (Fsp3) is 0.409. The molecule has 2 rings (SSSR count). The minimum Gasteiger partial charge on any atom is -0.493 e. The molecule has 0 aliphatic carbocycles. The molecule has 1 atom stereocenters. The Morgan fingerprint density at radius 1 is 1.04 bits per heavy atom. The lowest BCUT2D eigenvalue weighted by Gasteiger charge is -2.26. The molecule has 0 fully saturated rings. The molecule has 0 bridgehead atoms. The van der Waals surface area contributed by atoms with Crippen molar-refractivity contribution in [3.8, 4) is 11.5 Å². The Morgan fingerprint density at radius 2 is 1.59 bits per heavy atom. The van der Waals surface area contributed by atoms with Crippen LogP contribution in [0.2, 0.25) is 0 Å². The van der Waals surface area contributed by atoms with Gasteiger partial charge in [0.25, 0.3) is 0 Å². The molecule has 1 amide bonds. The number of aryl methyl sites for hydroxylation is 3. The van der Waals surface area contributed by atoms with E-state index in [0.717, 1.165) is 27.9 Å². The van der Waals surface area contributed by atoms with Crippen molar-refractivity contribution >= 4 is 11.6 Å². The van der Waals surface area contributed by atoms with Crippen LogP contribution in [0, 0.1) is 20.8 Å². The number of nitrogens with one attached hydrogen (secondary N) is 1. The highest BCUT2D eigenvalue weighted by molar-refractivity contribution is 5.95. The molecule has 0 aliphatic heterocycles. The van der Waals surface area contributed by atoms with Crippen molar-refractivity contribution in [3.05, 3.63) is 52.6 Å². The highest BCUT2D eigenvalue weighted by atomic mass is 16.5. The first-order valence-corrected chi connectivity index (χ1v) is 9.07. The summed E-state index contributed by atoms with van der Waals surface area (Å²) in [6, 6.07) is 9.66. The van der Waals surface area contributed by atoms with Gasteiger partial charge in [0.05, 0.1) is 20.3 Å². The maximum absolute atomic E-state index is 12.8. The van der Waals surface area contributed by atoms with E-state index in [1.165, 1.54) is 0 Å². The van der Waals surface area contributed by atoms with Gasteiger partial charge >= 0.3 is 0 Å². The molecule has 0 aromatic heterocycles. The molecule has 1 N–H and O–H groups in total. The summed E-state index contributed by atoms with van der Waals surface area (Å²) in [5.41, 5.74) is 5.22. The number of likely N-dealkylation sites (N-methyl/N-ethyl adjacent to an activating group) is 1. The zero-order valence-electron chi connectivity index (χ0n) is 17.3. The summed E-state index contributed by atoms with van der Waals surface area (Å²) >= 11 is 0. The number of amides is 1. The van der Waals surface area contributed by atoms with Crippen LogP contribution in [0.4, 0.5) is 5.69 Å². The van der Waals surface area contributed by atoms with Crippen molar-refractivity contribution in [2.24, 2.45) is 0 Å². The van der Waals surface area contributed by atoms with Crippen LogP contribution >= 0.6 is 0 Å². The highest BCUT2D eigenvalue weighted by Gasteiger charge is 2.20. The Balaban J connectivity index is 2.13. The van der Waals surface area contributed by atoms with E-state index in [2.05, 4.69) is 5.32 Å². The van der Waals surface area contributed by atoms with E-state index in [1.54, 1.807) is 14.2 Å². The molecule has 146 valence electrons. The number of methoxy groups -OCH3 is 2. The minimum absolute atomic E-state index is 0.0203. The van der Waals surface area contributed by atoms with Gasteiger partial charge in [0.2, 0.25) is 5.91 Å². The van der Waals surface area contributed by atoms with Crippen molar-refractivity contribution in [3.63, 3.8) is 0 Å².